The first-order valence-corrected chi connectivity index (χ1v) is 6.74. The lowest BCUT2D eigenvalue weighted by Crippen LogP contribution is -2.25. The summed E-state index contributed by atoms with van der Waals surface area (Å²) in [6.07, 6.45) is 4.54. The van der Waals surface area contributed by atoms with E-state index in [0.717, 1.165) is 12.8 Å². The molecule has 1 saturated carbocycles. The number of nitrogens with two attached hydrogens (primary N) is 1. The van der Waals surface area contributed by atoms with Gasteiger partial charge in [0.15, 0.2) is 11.5 Å². The van der Waals surface area contributed by atoms with Crippen LogP contribution in [0, 0.1) is 5.92 Å². The highest BCUT2D eigenvalue weighted by atomic mass is 16.5. The molecular weight excluding hydrogens is 242 g/mol. The first kappa shape index (κ1) is 14.0. The molecule has 1 aromatic carbocycles. The average molecular weight is 265 g/mol. The van der Waals surface area contributed by atoms with Gasteiger partial charge in [-0.25, -0.2) is 0 Å². The molecule has 2 N–H and O–H groups in total. The first-order chi connectivity index (χ1) is 9.19. The smallest absolute Gasteiger partial charge is 0.203 e. The van der Waals surface area contributed by atoms with Crippen LogP contribution >= 0.6 is 0 Å². The van der Waals surface area contributed by atoms with Crippen LogP contribution in [0.1, 0.15) is 24.8 Å². The molecule has 1 aromatic rings. The minimum absolute atomic E-state index is 0.319. The second kappa shape index (κ2) is 6.15. The van der Waals surface area contributed by atoms with E-state index in [-0.39, 0.29) is 0 Å². The van der Waals surface area contributed by atoms with Crippen molar-refractivity contribution in [3.05, 3.63) is 17.7 Å². The zero-order valence-electron chi connectivity index (χ0n) is 11.9. The third-order valence-electron chi connectivity index (χ3n) is 3.94. The van der Waals surface area contributed by atoms with Crippen molar-refractivity contribution in [3.8, 4) is 17.2 Å². The molecule has 2 unspecified atom stereocenters. The van der Waals surface area contributed by atoms with Crippen LogP contribution < -0.4 is 19.9 Å². The van der Waals surface area contributed by atoms with E-state index in [9.17, 15) is 0 Å². The van der Waals surface area contributed by atoms with Crippen molar-refractivity contribution < 1.29 is 14.2 Å². The summed E-state index contributed by atoms with van der Waals surface area (Å²) in [5.74, 6) is 2.62. The molecule has 19 heavy (non-hydrogen) atoms. The van der Waals surface area contributed by atoms with Gasteiger partial charge in [0, 0.05) is 6.04 Å². The maximum absolute atomic E-state index is 6.14. The van der Waals surface area contributed by atoms with Crippen LogP contribution in [0.2, 0.25) is 0 Å². The van der Waals surface area contributed by atoms with Gasteiger partial charge in [-0.3, -0.25) is 0 Å². The molecule has 0 bridgehead atoms. The van der Waals surface area contributed by atoms with Crippen molar-refractivity contribution in [1.82, 2.24) is 0 Å². The molecule has 1 aliphatic rings. The van der Waals surface area contributed by atoms with Crippen LogP contribution in [0.4, 0.5) is 0 Å². The van der Waals surface area contributed by atoms with Gasteiger partial charge in [-0.1, -0.05) is 6.42 Å². The van der Waals surface area contributed by atoms with Crippen LogP contribution in [0.15, 0.2) is 12.1 Å². The Kier molecular flexibility index (Phi) is 4.53. The Morgan fingerprint density at radius 1 is 1.05 bits per heavy atom. The molecule has 1 fully saturated rings. The van der Waals surface area contributed by atoms with E-state index in [0.29, 0.717) is 29.2 Å². The molecule has 0 amide bonds. The van der Waals surface area contributed by atoms with Crippen molar-refractivity contribution in [1.29, 1.82) is 0 Å². The number of hydrogen-bond acceptors (Lipinski definition) is 4. The molecule has 0 aliphatic heterocycles. The molecule has 0 heterocycles. The van der Waals surface area contributed by atoms with E-state index < -0.39 is 0 Å². The van der Waals surface area contributed by atoms with Crippen LogP contribution in [-0.2, 0) is 6.42 Å². The van der Waals surface area contributed by atoms with Gasteiger partial charge < -0.3 is 19.9 Å². The highest BCUT2D eigenvalue weighted by molar-refractivity contribution is 5.53. The maximum atomic E-state index is 6.14. The molecule has 0 spiro atoms. The predicted molar refractivity (Wildman–Crippen MR) is 75.1 cm³/mol. The second-order valence-corrected chi connectivity index (χ2v) is 5.09. The number of hydrogen-bond donors (Lipinski definition) is 1. The van der Waals surface area contributed by atoms with Crippen molar-refractivity contribution in [2.24, 2.45) is 11.7 Å². The number of methoxy groups -OCH3 is 3. The number of benzene rings is 1. The van der Waals surface area contributed by atoms with E-state index >= 15 is 0 Å². The van der Waals surface area contributed by atoms with E-state index in [2.05, 4.69) is 0 Å². The lowest BCUT2D eigenvalue weighted by molar-refractivity contribution is 0.323. The Balaban J connectivity index is 2.25. The average Bonchev–Trinajstić information content (AvgIpc) is 2.83. The van der Waals surface area contributed by atoms with E-state index in [1.807, 2.05) is 12.1 Å². The summed E-state index contributed by atoms with van der Waals surface area (Å²) in [6.45, 7) is 0. The van der Waals surface area contributed by atoms with Gasteiger partial charge in [-0.05, 0) is 42.9 Å². The summed E-state index contributed by atoms with van der Waals surface area (Å²) in [5.41, 5.74) is 7.33. The van der Waals surface area contributed by atoms with E-state index in [1.54, 1.807) is 21.3 Å². The molecule has 0 aromatic heterocycles. The summed E-state index contributed by atoms with van der Waals surface area (Å²) in [4.78, 5) is 0. The topological polar surface area (TPSA) is 53.7 Å². The molecule has 2 atom stereocenters. The third-order valence-corrected chi connectivity index (χ3v) is 3.94. The lowest BCUT2D eigenvalue weighted by atomic mass is 9.94. The number of rotatable bonds is 5. The summed E-state index contributed by atoms with van der Waals surface area (Å²) < 4.78 is 16.1. The first-order valence-electron chi connectivity index (χ1n) is 6.74. The minimum atomic E-state index is 0.319. The van der Waals surface area contributed by atoms with Crippen molar-refractivity contribution in [2.75, 3.05) is 21.3 Å². The van der Waals surface area contributed by atoms with Gasteiger partial charge in [0.2, 0.25) is 5.75 Å². The summed E-state index contributed by atoms with van der Waals surface area (Å²) >= 11 is 0. The van der Waals surface area contributed by atoms with Crippen molar-refractivity contribution >= 4 is 0 Å². The van der Waals surface area contributed by atoms with E-state index in [1.165, 1.54) is 18.4 Å². The van der Waals surface area contributed by atoms with Crippen molar-refractivity contribution in [3.63, 3.8) is 0 Å². The molecule has 0 radical (unpaired) electrons. The van der Waals surface area contributed by atoms with Gasteiger partial charge in [-0.2, -0.15) is 0 Å². The second-order valence-electron chi connectivity index (χ2n) is 5.09. The highest BCUT2D eigenvalue weighted by Crippen LogP contribution is 2.39. The Bertz CT molecular complexity index is 408. The Hall–Kier alpha value is -1.42. The van der Waals surface area contributed by atoms with Gasteiger partial charge in [0.05, 0.1) is 21.3 Å². The van der Waals surface area contributed by atoms with Gasteiger partial charge >= 0.3 is 0 Å². The van der Waals surface area contributed by atoms with Crippen LogP contribution in [0.3, 0.4) is 0 Å². The van der Waals surface area contributed by atoms with Crippen LogP contribution in [-0.4, -0.2) is 27.4 Å². The maximum Gasteiger partial charge on any atom is 0.203 e. The van der Waals surface area contributed by atoms with Crippen molar-refractivity contribution in [2.45, 2.75) is 31.7 Å². The molecular formula is C15H23NO3. The molecule has 0 saturated heterocycles. The molecule has 4 heteroatoms. The highest BCUT2D eigenvalue weighted by Gasteiger charge is 2.25. The Morgan fingerprint density at radius 2 is 1.68 bits per heavy atom. The molecule has 106 valence electrons. The standard InChI is InChI=1S/C15H23NO3/c1-17-13-8-10(7-11-5-4-6-12(11)16)9-14(18-2)15(13)19-3/h8-9,11-12H,4-7,16H2,1-3H3. The fourth-order valence-corrected chi connectivity index (χ4v) is 2.87. The lowest BCUT2D eigenvalue weighted by Gasteiger charge is -2.18. The van der Waals surface area contributed by atoms with Crippen LogP contribution in [0.5, 0.6) is 17.2 Å². The monoisotopic (exact) mass is 265 g/mol. The minimum Gasteiger partial charge on any atom is -0.493 e. The zero-order valence-corrected chi connectivity index (χ0v) is 11.9. The quantitative estimate of drug-likeness (QED) is 0.888. The SMILES string of the molecule is COc1cc(CC2CCCC2N)cc(OC)c1OC. The normalized spacial score (nSPS) is 22.3. The van der Waals surface area contributed by atoms with Gasteiger partial charge in [0.1, 0.15) is 0 Å². The van der Waals surface area contributed by atoms with E-state index in [4.69, 9.17) is 19.9 Å². The Labute approximate surface area is 114 Å². The van der Waals surface area contributed by atoms with Gasteiger partial charge in [0.25, 0.3) is 0 Å². The predicted octanol–water partition coefficient (Wildman–Crippen LogP) is 2.38. The zero-order chi connectivity index (χ0) is 13.8. The summed E-state index contributed by atoms with van der Waals surface area (Å²) in [6, 6.07) is 4.36. The largest absolute Gasteiger partial charge is 0.493 e. The fourth-order valence-electron chi connectivity index (χ4n) is 2.87. The Morgan fingerprint density at radius 3 is 2.11 bits per heavy atom. The summed E-state index contributed by atoms with van der Waals surface area (Å²) in [5, 5.41) is 0. The third kappa shape index (κ3) is 2.95. The number of ether oxygens (including phenoxy) is 3. The summed E-state index contributed by atoms with van der Waals surface area (Å²) in [7, 11) is 4.90. The molecule has 2 rings (SSSR count). The molecule has 1 aliphatic carbocycles. The van der Waals surface area contributed by atoms with Gasteiger partial charge in [-0.15, -0.1) is 0 Å². The molecule has 4 nitrogen and oxygen atoms in total. The fraction of sp³-hybridized carbons (Fsp3) is 0.600. The van der Waals surface area contributed by atoms with Crippen LogP contribution in [0.25, 0.3) is 0 Å².